The summed E-state index contributed by atoms with van der Waals surface area (Å²) in [4.78, 5) is 21.8. The lowest BCUT2D eigenvalue weighted by atomic mass is 10.0. The number of halogens is 1. The van der Waals surface area contributed by atoms with E-state index < -0.39 is 0 Å². The van der Waals surface area contributed by atoms with Crippen LogP contribution in [-0.4, -0.2) is 57.5 Å². The largest absolute Gasteiger partial charge is 0.379 e. The quantitative estimate of drug-likeness (QED) is 0.693. The van der Waals surface area contributed by atoms with Crippen LogP contribution in [0, 0.1) is 0 Å². The van der Waals surface area contributed by atoms with Crippen LogP contribution in [0.3, 0.4) is 0 Å². The third-order valence-electron chi connectivity index (χ3n) is 4.82. The van der Waals surface area contributed by atoms with E-state index in [4.69, 9.17) is 16.3 Å². The standard InChI is InChI=1S/C18H21ClN6O2/c1-24-16-13(10-21-24)17(26)23-18(22-16)20-11-15(25-6-8-27-9-7-25)12-4-2-3-5-14(12)19/h2-5,10,15H,6-9,11H2,1H3,(H2,20,22,23,26). The van der Waals surface area contributed by atoms with Gasteiger partial charge in [-0.25, -0.2) is 0 Å². The molecule has 1 atom stereocenters. The van der Waals surface area contributed by atoms with Crippen LogP contribution in [0.5, 0.6) is 0 Å². The average molecular weight is 389 g/mol. The molecule has 4 rings (SSSR count). The first-order valence-electron chi connectivity index (χ1n) is 8.85. The van der Waals surface area contributed by atoms with Crippen molar-refractivity contribution in [2.75, 3.05) is 38.2 Å². The first-order valence-corrected chi connectivity index (χ1v) is 9.23. The average Bonchev–Trinajstić information content (AvgIpc) is 3.06. The summed E-state index contributed by atoms with van der Waals surface area (Å²) in [5, 5.41) is 8.55. The molecule has 1 aliphatic heterocycles. The third-order valence-corrected chi connectivity index (χ3v) is 5.16. The summed E-state index contributed by atoms with van der Waals surface area (Å²) in [7, 11) is 1.76. The number of aryl methyl sites for hydroxylation is 1. The summed E-state index contributed by atoms with van der Waals surface area (Å²) in [5.41, 5.74) is 1.37. The van der Waals surface area contributed by atoms with Gasteiger partial charge in [0.05, 0.1) is 25.5 Å². The lowest BCUT2D eigenvalue weighted by Gasteiger charge is -2.35. The normalized spacial score (nSPS) is 16.5. The number of ether oxygens (including phenoxy) is 1. The zero-order valence-electron chi connectivity index (χ0n) is 15.0. The van der Waals surface area contributed by atoms with Gasteiger partial charge in [0.25, 0.3) is 5.56 Å². The molecule has 0 radical (unpaired) electrons. The summed E-state index contributed by atoms with van der Waals surface area (Å²) in [6.07, 6.45) is 1.52. The van der Waals surface area contributed by atoms with E-state index in [1.54, 1.807) is 11.7 Å². The van der Waals surface area contributed by atoms with Gasteiger partial charge in [-0.15, -0.1) is 0 Å². The van der Waals surface area contributed by atoms with Crippen LogP contribution < -0.4 is 10.9 Å². The lowest BCUT2D eigenvalue weighted by molar-refractivity contribution is 0.0187. The van der Waals surface area contributed by atoms with Crippen molar-refractivity contribution in [3.63, 3.8) is 0 Å². The molecule has 1 fully saturated rings. The van der Waals surface area contributed by atoms with Crippen molar-refractivity contribution in [3.05, 3.63) is 51.4 Å². The molecule has 1 saturated heterocycles. The minimum Gasteiger partial charge on any atom is -0.379 e. The molecule has 1 unspecified atom stereocenters. The maximum Gasteiger partial charge on any atom is 0.263 e. The lowest BCUT2D eigenvalue weighted by Crippen LogP contribution is -2.41. The van der Waals surface area contributed by atoms with Crippen LogP contribution in [0.4, 0.5) is 5.95 Å². The predicted molar refractivity (Wildman–Crippen MR) is 104 cm³/mol. The fourth-order valence-corrected chi connectivity index (χ4v) is 3.64. The van der Waals surface area contributed by atoms with Gasteiger partial charge in [0.1, 0.15) is 5.39 Å². The van der Waals surface area contributed by atoms with Crippen LogP contribution in [0.1, 0.15) is 11.6 Å². The number of morpholine rings is 1. The third kappa shape index (κ3) is 3.69. The van der Waals surface area contributed by atoms with E-state index in [1.807, 2.05) is 24.3 Å². The molecular formula is C18H21ClN6O2. The summed E-state index contributed by atoms with van der Waals surface area (Å²) in [5.74, 6) is 0.418. The van der Waals surface area contributed by atoms with Crippen LogP contribution in [0.15, 0.2) is 35.3 Å². The molecule has 3 heterocycles. The Kier molecular flexibility index (Phi) is 5.11. The number of aromatic nitrogens is 4. The molecular weight excluding hydrogens is 368 g/mol. The number of rotatable bonds is 5. The number of nitrogens with zero attached hydrogens (tertiary/aromatic N) is 4. The number of nitrogens with one attached hydrogen (secondary N) is 2. The minimum absolute atomic E-state index is 0.0372. The first-order chi connectivity index (χ1) is 13.1. The number of H-pyrrole nitrogens is 1. The first kappa shape index (κ1) is 18.0. The number of anilines is 1. The molecule has 1 aromatic carbocycles. The van der Waals surface area contributed by atoms with Crippen molar-refractivity contribution < 1.29 is 4.74 Å². The molecule has 2 aromatic heterocycles. The molecule has 0 aliphatic carbocycles. The molecule has 27 heavy (non-hydrogen) atoms. The Morgan fingerprint density at radius 3 is 2.89 bits per heavy atom. The van der Waals surface area contributed by atoms with Crippen molar-refractivity contribution in [1.29, 1.82) is 0 Å². The monoisotopic (exact) mass is 388 g/mol. The second kappa shape index (κ2) is 7.67. The summed E-state index contributed by atoms with van der Waals surface area (Å²) >= 11 is 6.46. The highest BCUT2D eigenvalue weighted by Crippen LogP contribution is 2.28. The Bertz CT molecular complexity index is 995. The number of hydrogen-bond donors (Lipinski definition) is 2. The zero-order chi connectivity index (χ0) is 18.8. The fraction of sp³-hybridized carbons (Fsp3) is 0.389. The van der Waals surface area contributed by atoms with Gasteiger partial charge < -0.3 is 10.1 Å². The number of aromatic amines is 1. The number of benzene rings is 1. The Morgan fingerprint density at radius 2 is 2.11 bits per heavy atom. The molecule has 8 nitrogen and oxygen atoms in total. The zero-order valence-corrected chi connectivity index (χ0v) is 15.7. The number of fused-ring (bicyclic) bond motifs is 1. The van der Waals surface area contributed by atoms with Crippen molar-refractivity contribution in [1.82, 2.24) is 24.6 Å². The van der Waals surface area contributed by atoms with Gasteiger partial charge in [-0.3, -0.25) is 19.4 Å². The highest BCUT2D eigenvalue weighted by molar-refractivity contribution is 6.31. The van der Waals surface area contributed by atoms with Gasteiger partial charge >= 0.3 is 0 Å². The molecule has 1 aliphatic rings. The van der Waals surface area contributed by atoms with Crippen LogP contribution in [-0.2, 0) is 11.8 Å². The van der Waals surface area contributed by atoms with Crippen LogP contribution in [0.25, 0.3) is 11.0 Å². The Balaban J connectivity index is 1.61. The van der Waals surface area contributed by atoms with E-state index in [0.29, 0.717) is 36.7 Å². The van der Waals surface area contributed by atoms with Gasteiger partial charge in [0.2, 0.25) is 5.95 Å². The van der Waals surface area contributed by atoms with Crippen LogP contribution in [0.2, 0.25) is 5.02 Å². The van der Waals surface area contributed by atoms with Gasteiger partial charge in [0.15, 0.2) is 5.65 Å². The molecule has 3 aromatic rings. The summed E-state index contributed by atoms with van der Waals surface area (Å²) < 4.78 is 7.07. The Labute approximate surface area is 161 Å². The molecule has 0 bridgehead atoms. The molecule has 9 heteroatoms. The van der Waals surface area contributed by atoms with Gasteiger partial charge in [-0.2, -0.15) is 10.1 Å². The number of hydrogen-bond acceptors (Lipinski definition) is 6. The van der Waals surface area contributed by atoms with E-state index in [1.165, 1.54) is 6.20 Å². The highest BCUT2D eigenvalue weighted by atomic mass is 35.5. The molecule has 142 valence electrons. The maximum atomic E-state index is 12.2. The molecule has 0 spiro atoms. The van der Waals surface area contributed by atoms with Crippen molar-refractivity contribution in [2.45, 2.75) is 6.04 Å². The second-order valence-corrected chi connectivity index (χ2v) is 6.89. The summed E-state index contributed by atoms with van der Waals surface area (Å²) in [6.45, 7) is 3.58. The van der Waals surface area contributed by atoms with Crippen molar-refractivity contribution in [3.8, 4) is 0 Å². The van der Waals surface area contributed by atoms with E-state index in [9.17, 15) is 4.79 Å². The van der Waals surface area contributed by atoms with Gasteiger partial charge in [-0.05, 0) is 11.6 Å². The Morgan fingerprint density at radius 1 is 1.33 bits per heavy atom. The van der Waals surface area contributed by atoms with E-state index in [0.717, 1.165) is 23.7 Å². The summed E-state index contributed by atoms with van der Waals surface area (Å²) in [6, 6.07) is 7.87. The van der Waals surface area contributed by atoms with Crippen LogP contribution >= 0.6 is 11.6 Å². The van der Waals surface area contributed by atoms with E-state index in [-0.39, 0.29) is 11.6 Å². The Hall–Kier alpha value is -2.42. The molecule has 0 saturated carbocycles. The SMILES string of the molecule is Cn1ncc2c(=O)[nH]c(NCC(c3ccccc3Cl)N3CCOCC3)nc21. The van der Waals surface area contributed by atoms with Gasteiger partial charge in [0, 0.05) is 31.7 Å². The maximum absolute atomic E-state index is 12.2. The van der Waals surface area contributed by atoms with Crippen molar-refractivity contribution >= 4 is 28.6 Å². The smallest absolute Gasteiger partial charge is 0.263 e. The second-order valence-electron chi connectivity index (χ2n) is 6.49. The molecule has 0 amide bonds. The van der Waals surface area contributed by atoms with Crippen molar-refractivity contribution in [2.24, 2.45) is 7.05 Å². The molecule has 2 N–H and O–H groups in total. The van der Waals surface area contributed by atoms with E-state index >= 15 is 0 Å². The predicted octanol–water partition coefficient (Wildman–Crippen LogP) is 1.80. The fourth-order valence-electron chi connectivity index (χ4n) is 3.38. The minimum atomic E-state index is -0.212. The topological polar surface area (TPSA) is 88.1 Å². The van der Waals surface area contributed by atoms with Gasteiger partial charge in [-0.1, -0.05) is 29.8 Å². The highest BCUT2D eigenvalue weighted by Gasteiger charge is 2.24. The van der Waals surface area contributed by atoms with E-state index in [2.05, 4.69) is 25.3 Å².